The van der Waals surface area contributed by atoms with E-state index in [1.807, 2.05) is 27.7 Å². The van der Waals surface area contributed by atoms with E-state index in [2.05, 4.69) is 0 Å². The zero-order chi connectivity index (χ0) is 23.4. The number of rotatable bonds is 3. The summed E-state index contributed by atoms with van der Waals surface area (Å²) >= 11 is 0. The van der Waals surface area contributed by atoms with E-state index in [-0.39, 0.29) is 19.0 Å². The highest BCUT2D eigenvalue weighted by atomic mass is 19.1. The van der Waals surface area contributed by atoms with Crippen LogP contribution in [-0.4, -0.2) is 65.5 Å². The number of likely N-dealkylation sites (N-methyl/N-ethyl adjacent to an activating group) is 1. The highest BCUT2D eigenvalue weighted by Crippen LogP contribution is 2.37. The third-order valence-corrected chi connectivity index (χ3v) is 6.06. The molecule has 0 saturated carbocycles. The molecule has 2 fully saturated rings. The van der Waals surface area contributed by atoms with Crippen LogP contribution in [0.4, 0.5) is 9.18 Å². The Hall–Kier alpha value is -2.13. The van der Waals surface area contributed by atoms with E-state index in [9.17, 15) is 14.0 Å². The average Bonchev–Trinajstić information content (AvgIpc) is 3.01. The molecule has 0 unspecified atom stereocenters. The van der Waals surface area contributed by atoms with Gasteiger partial charge in [0.15, 0.2) is 0 Å². The van der Waals surface area contributed by atoms with Crippen molar-refractivity contribution in [1.82, 2.24) is 9.80 Å². The Balaban J connectivity index is 1.91. The molecule has 1 atom stereocenters. The summed E-state index contributed by atoms with van der Waals surface area (Å²) in [5.74, 6) is -0.623. The fourth-order valence-corrected chi connectivity index (χ4v) is 3.64. The van der Waals surface area contributed by atoms with Crippen LogP contribution in [0.2, 0.25) is 0 Å². The van der Waals surface area contributed by atoms with Crippen molar-refractivity contribution in [2.24, 2.45) is 0 Å². The van der Waals surface area contributed by atoms with Gasteiger partial charge in [-0.3, -0.25) is 9.69 Å². The van der Waals surface area contributed by atoms with Crippen molar-refractivity contribution in [2.75, 3.05) is 13.7 Å². The number of benzene rings is 1. The molecule has 3 rings (SSSR count). The number of halogens is 1. The molecule has 2 aliphatic heterocycles. The molecule has 1 aromatic carbocycles. The minimum atomic E-state index is -0.778. The molecule has 9 heteroatoms. The normalized spacial score (nSPS) is 22.9. The molecule has 2 heterocycles. The summed E-state index contributed by atoms with van der Waals surface area (Å²) in [4.78, 5) is 28.5. The maximum Gasteiger partial charge on any atom is 0.495 e. The third kappa shape index (κ3) is 4.72. The third-order valence-electron chi connectivity index (χ3n) is 6.06. The zero-order valence-electron chi connectivity index (χ0n) is 19.6. The quantitative estimate of drug-likeness (QED) is 0.685. The van der Waals surface area contributed by atoms with E-state index >= 15 is 0 Å². The van der Waals surface area contributed by atoms with Crippen molar-refractivity contribution in [1.29, 1.82) is 0 Å². The number of ether oxygens (including phenoxy) is 1. The summed E-state index contributed by atoms with van der Waals surface area (Å²) in [7, 11) is 0.861. The first kappa shape index (κ1) is 23.5. The molecule has 31 heavy (non-hydrogen) atoms. The fourth-order valence-electron chi connectivity index (χ4n) is 3.64. The molecular weight excluding hydrogens is 402 g/mol. The molecule has 2 amide bonds. The van der Waals surface area contributed by atoms with Crippen molar-refractivity contribution in [3.05, 3.63) is 29.6 Å². The predicted octanol–water partition coefficient (Wildman–Crippen LogP) is 2.70. The minimum absolute atomic E-state index is 0.130. The molecule has 0 N–H and O–H groups in total. The topological polar surface area (TPSA) is 68.3 Å². The molecule has 2 saturated heterocycles. The van der Waals surface area contributed by atoms with Gasteiger partial charge < -0.3 is 18.9 Å². The number of carbonyl (C=O) groups is 2. The van der Waals surface area contributed by atoms with Gasteiger partial charge in [-0.2, -0.15) is 0 Å². The van der Waals surface area contributed by atoms with Gasteiger partial charge in [-0.15, -0.1) is 0 Å². The summed E-state index contributed by atoms with van der Waals surface area (Å²) in [6.45, 7) is 13.1. The van der Waals surface area contributed by atoms with Crippen LogP contribution in [0, 0.1) is 5.82 Å². The van der Waals surface area contributed by atoms with Crippen LogP contribution >= 0.6 is 0 Å². The Morgan fingerprint density at radius 3 is 2.35 bits per heavy atom. The first-order valence-electron chi connectivity index (χ1n) is 10.5. The molecule has 0 radical (unpaired) electrons. The highest BCUT2D eigenvalue weighted by Gasteiger charge is 2.52. The predicted molar refractivity (Wildman–Crippen MR) is 115 cm³/mol. The minimum Gasteiger partial charge on any atom is -0.444 e. The number of carbonyl (C=O) groups excluding carboxylic acids is 2. The Kier molecular flexibility index (Phi) is 5.91. The molecule has 0 bridgehead atoms. The maximum atomic E-state index is 14.2. The molecule has 2 aliphatic rings. The molecular formula is C22H32BFN2O5. The van der Waals surface area contributed by atoms with Gasteiger partial charge in [-0.1, -0.05) is 6.07 Å². The first-order valence-corrected chi connectivity index (χ1v) is 10.5. The van der Waals surface area contributed by atoms with Crippen molar-refractivity contribution < 1.29 is 28.0 Å². The Morgan fingerprint density at radius 1 is 1.23 bits per heavy atom. The molecule has 0 aliphatic carbocycles. The van der Waals surface area contributed by atoms with E-state index in [1.54, 1.807) is 33.9 Å². The van der Waals surface area contributed by atoms with E-state index in [1.165, 1.54) is 21.9 Å². The summed E-state index contributed by atoms with van der Waals surface area (Å²) in [6.07, 6.45) is -0.364. The van der Waals surface area contributed by atoms with Gasteiger partial charge in [0.05, 0.1) is 17.9 Å². The van der Waals surface area contributed by atoms with E-state index in [0.717, 1.165) is 0 Å². The van der Waals surface area contributed by atoms with Crippen molar-refractivity contribution in [3.63, 3.8) is 0 Å². The lowest BCUT2D eigenvalue weighted by molar-refractivity contribution is -0.128. The summed E-state index contributed by atoms with van der Waals surface area (Å²) < 4.78 is 31.9. The SMILES string of the molecule is CN1CN(C(=O)OC(C)(C)C)[C@@H](Cc2ccc(F)cc2B2OC(C)(C)C(C)(C)O2)C1=O. The van der Waals surface area contributed by atoms with Gasteiger partial charge in [0, 0.05) is 13.5 Å². The smallest absolute Gasteiger partial charge is 0.444 e. The van der Waals surface area contributed by atoms with E-state index in [4.69, 9.17) is 14.0 Å². The number of hydrogen-bond acceptors (Lipinski definition) is 5. The second-order valence-electron chi connectivity index (χ2n) is 10.3. The average molecular weight is 434 g/mol. The lowest BCUT2D eigenvalue weighted by Gasteiger charge is -2.32. The van der Waals surface area contributed by atoms with Crippen LogP contribution in [0.3, 0.4) is 0 Å². The van der Waals surface area contributed by atoms with Crippen LogP contribution in [0.25, 0.3) is 0 Å². The zero-order valence-corrected chi connectivity index (χ0v) is 19.6. The summed E-state index contributed by atoms with van der Waals surface area (Å²) in [6, 6.07) is 3.57. The standard InChI is InChI=1S/C22H32BFN2O5/c1-20(2,3)29-19(28)26-13-25(8)18(27)17(26)11-14-9-10-15(24)12-16(14)23-30-21(4,5)22(6,7)31-23/h9-10,12,17H,11,13H2,1-8H3/t17-/m0/s1. The molecule has 0 aromatic heterocycles. The van der Waals surface area contributed by atoms with Gasteiger partial charge >= 0.3 is 13.2 Å². The summed E-state index contributed by atoms with van der Waals surface area (Å²) in [5, 5.41) is 0. The molecule has 1 aromatic rings. The molecule has 170 valence electrons. The Labute approximate surface area is 184 Å². The Bertz CT molecular complexity index is 867. The maximum absolute atomic E-state index is 14.2. The van der Waals surface area contributed by atoms with Crippen molar-refractivity contribution >= 4 is 24.6 Å². The van der Waals surface area contributed by atoms with Crippen LogP contribution < -0.4 is 5.46 Å². The van der Waals surface area contributed by atoms with Gasteiger partial charge in [0.2, 0.25) is 5.91 Å². The second-order valence-corrected chi connectivity index (χ2v) is 10.3. The van der Waals surface area contributed by atoms with Gasteiger partial charge in [-0.25, -0.2) is 9.18 Å². The van der Waals surface area contributed by atoms with E-state index in [0.29, 0.717) is 11.0 Å². The number of hydrogen-bond donors (Lipinski definition) is 0. The number of amides is 2. The van der Waals surface area contributed by atoms with Crippen molar-refractivity contribution in [2.45, 2.75) is 77.7 Å². The summed E-state index contributed by atoms with van der Waals surface area (Å²) in [5.41, 5.74) is -0.664. The Morgan fingerprint density at radius 2 is 1.81 bits per heavy atom. The molecule has 0 spiro atoms. The lowest BCUT2D eigenvalue weighted by atomic mass is 9.74. The highest BCUT2D eigenvalue weighted by molar-refractivity contribution is 6.62. The number of nitrogens with zero attached hydrogens (tertiary/aromatic N) is 2. The first-order chi connectivity index (χ1) is 14.1. The van der Waals surface area contributed by atoms with Gasteiger partial charge in [-0.05, 0) is 71.6 Å². The fraction of sp³-hybridized carbons (Fsp3) is 0.636. The van der Waals surface area contributed by atoms with Crippen LogP contribution in [-0.2, 0) is 25.3 Å². The van der Waals surface area contributed by atoms with Crippen LogP contribution in [0.5, 0.6) is 0 Å². The van der Waals surface area contributed by atoms with E-state index < -0.39 is 41.9 Å². The van der Waals surface area contributed by atoms with Gasteiger partial charge in [0.1, 0.15) is 17.5 Å². The second kappa shape index (κ2) is 7.78. The van der Waals surface area contributed by atoms with Crippen LogP contribution in [0.15, 0.2) is 18.2 Å². The van der Waals surface area contributed by atoms with Crippen LogP contribution in [0.1, 0.15) is 54.0 Å². The van der Waals surface area contributed by atoms with Crippen molar-refractivity contribution in [3.8, 4) is 0 Å². The van der Waals surface area contributed by atoms with Gasteiger partial charge in [0.25, 0.3) is 0 Å². The lowest BCUT2D eigenvalue weighted by Crippen LogP contribution is -2.44. The molecule has 7 nitrogen and oxygen atoms in total. The monoisotopic (exact) mass is 434 g/mol. The largest absolute Gasteiger partial charge is 0.495 e.